The largest absolute Gasteiger partial charge is 0.496 e. The third kappa shape index (κ3) is 5.37. The summed E-state index contributed by atoms with van der Waals surface area (Å²) in [5.41, 5.74) is 0. The van der Waals surface area contributed by atoms with Crippen molar-refractivity contribution in [3.05, 3.63) is 22.7 Å². The molecule has 0 aliphatic rings. The number of sulfonamides is 1. The van der Waals surface area contributed by atoms with Gasteiger partial charge in [0.2, 0.25) is 10.0 Å². The molecule has 1 aromatic carbocycles. The van der Waals surface area contributed by atoms with E-state index in [1.807, 2.05) is 0 Å². The molecule has 0 saturated heterocycles. The van der Waals surface area contributed by atoms with Crippen molar-refractivity contribution in [1.29, 1.82) is 0 Å². The lowest BCUT2D eigenvalue weighted by Crippen LogP contribution is -2.25. The van der Waals surface area contributed by atoms with Crippen LogP contribution in [-0.2, 0) is 14.8 Å². The minimum atomic E-state index is -3.54. The Labute approximate surface area is 127 Å². The smallest absolute Gasteiger partial charge is 0.240 e. The molecule has 0 unspecified atom stereocenters. The Kier molecular flexibility index (Phi) is 7.46. The topological polar surface area (TPSA) is 84.9 Å². The number of halogens is 1. The first-order chi connectivity index (χ1) is 9.51. The highest BCUT2D eigenvalue weighted by Gasteiger charge is 2.15. The van der Waals surface area contributed by atoms with Crippen molar-refractivity contribution in [1.82, 2.24) is 4.72 Å². The molecule has 6 nitrogen and oxygen atoms in total. The molecule has 1 aromatic rings. The van der Waals surface area contributed by atoms with Gasteiger partial charge in [-0.05, 0) is 40.5 Å². The lowest BCUT2D eigenvalue weighted by atomic mass is 10.3. The van der Waals surface area contributed by atoms with E-state index >= 15 is 0 Å². The number of rotatable bonds is 9. The van der Waals surface area contributed by atoms with Crippen molar-refractivity contribution in [3.8, 4) is 5.75 Å². The second-order valence-corrected chi connectivity index (χ2v) is 6.50. The van der Waals surface area contributed by atoms with Crippen molar-refractivity contribution in [2.24, 2.45) is 0 Å². The van der Waals surface area contributed by atoms with Crippen LogP contribution in [-0.4, -0.2) is 47.0 Å². The number of aliphatic hydroxyl groups is 1. The van der Waals surface area contributed by atoms with E-state index in [1.165, 1.54) is 19.2 Å². The van der Waals surface area contributed by atoms with E-state index in [0.29, 0.717) is 23.2 Å². The molecule has 0 radical (unpaired) electrons. The number of methoxy groups -OCH3 is 1. The predicted molar refractivity (Wildman–Crippen MR) is 78.4 cm³/mol. The number of ether oxygens (including phenoxy) is 2. The van der Waals surface area contributed by atoms with Crippen LogP contribution in [0.15, 0.2) is 27.6 Å². The second kappa shape index (κ2) is 8.58. The summed E-state index contributed by atoms with van der Waals surface area (Å²) in [6.07, 6.45) is 0.538. The van der Waals surface area contributed by atoms with Gasteiger partial charge in [0.05, 0.1) is 29.7 Å². The molecule has 2 N–H and O–H groups in total. The minimum Gasteiger partial charge on any atom is -0.496 e. The standard InChI is InChI=1S/C12H18BrNO5S/c1-18-12-4-3-10(9-11(12)13)20(16,17)14-5-2-7-19-8-6-15/h3-4,9,14-15H,2,5-8H2,1H3. The molecule has 0 bridgehead atoms. The van der Waals surface area contributed by atoms with Gasteiger partial charge in [-0.2, -0.15) is 0 Å². The Morgan fingerprint density at radius 1 is 1.35 bits per heavy atom. The molecule has 0 aliphatic carbocycles. The van der Waals surface area contributed by atoms with E-state index in [1.54, 1.807) is 6.07 Å². The number of hydrogen-bond acceptors (Lipinski definition) is 5. The summed E-state index contributed by atoms with van der Waals surface area (Å²) in [5, 5.41) is 8.52. The number of hydrogen-bond donors (Lipinski definition) is 2. The van der Waals surface area contributed by atoms with Gasteiger partial charge in [-0.1, -0.05) is 0 Å². The SMILES string of the molecule is COc1ccc(S(=O)(=O)NCCCOCCO)cc1Br. The molecule has 0 aliphatic heterocycles. The summed E-state index contributed by atoms with van der Waals surface area (Å²) in [6.45, 7) is 0.899. The van der Waals surface area contributed by atoms with E-state index in [2.05, 4.69) is 20.7 Å². The fraction of sp³-hybridized carbons (Fsp3) is 0.500. The van der Waals surface area contributed by atoms with Crippen LogP contribution >= 0.6 is 15.9 Å². The zero-order valence-electron chi connectivity index (χ0n) is 11.1. The van der Waals surface area contributed by atoms with Crippen LogP contribution in [0.25, 0.3) is 0 Å². The number of nitrogens with one attached hydrogen (secondary N) is 1. The maximum absolute atomic E-state index is 12.0. The fourth-order valence-corrected chi connectivity index (χ4v) is 3.24. The van der Waals surface area contributed by atoms with Crippen LogP contribution in [0.1, 0.15) is 6.42 Å². The van der Waals surface area contributed by atoms with Crippen molar-refractivity contribution >= 4 is 26.0 Å². The van der Waals surface area contributed by atoms with Crippen molar-refractivity contribution in [2.45, 2.75) is 11.3 Å². The molecule has 114 valence electrons. The average molecular weight is 368 g/mol. The molecular weight excluding hydrogens is 350 g/mol. The summed E-state index contributed by atoms with van der Waals surface area (Å²) in [6, 6.07) is 4.56. The Bertz CT molecular complexity index is 521. The molecule has 0 saturated carbocycles. The van der Waals surface area contributed by atoms with E-state index < -0.39 is 10.0 Å². The van der Waals surface area contributed by atoms with E-state index in [0.717, 1.165) is 0 Å². The monoisotopic (exact) mass is 367 g/mol. The van der Waals surface area contributed by atoms with Crippen LogP contribution in [0, 0.1) is 0 Å². The van der Waals surface area contributed by atoms with E-state index in [-0.39, 0.29) is 24.7 Å². The van der Waals surface area contributed by atoms with Gasteiger partial charge >= 0.3 is 0 Å². The highest BCUT2D eigenvalue weighted by atomic mass is 79.9. The van der Waals surface area contributed by atoms with Crippen molar-refractivity contribution < 1.29 is 23.0 Å². The van der Waals surface area contributed by atoms with Crippen LogP contribution in [0.4, 0.5) is 0 Å². The molecule has 8 heteroatoms. The van der Waals surface area contributed by atoms with Gasteiger partial charge in [0, 0.05) is 13.2 Å². The summed E-state index contributed by atoms with van der Waals surface area (Å²) in [4.78, 5) is 0.168. The highest BCUT2D eigenvalue weighted by molar-refractivity contribution is 9.10. The van der Waals surface area contributed by atoms with E-state index in [4.69, 9.17) is 14.6 Å². The Balaban J connectivity index is 2.54. The maximum Gasteiger partial charge on any atom is 0.240 e. The Morgan fingerprint density at radius 2 is 2.10 bits per heavy atom. The van der Waals surface area contributed by atoms with Gasteiger partial charge in [-0.15, -0.1) is 0 Å². The third-order valence-electron chi connectivity index (χ3n) is 2.43. The molecule has 0 heterocycles. The first kappa shape index (κ1) is 17.4. The third-order valence-corrected chi connectivity index (χ3v) is 4.51. The first-order valence-corrected chi connectivity index (χ1v) is 8.30. The van der Waals surface area contributed by atoms with Crippen LogP contribution in [0.5, 0.6) is 5.75 Å². The second-order valence-electron chi connectivity index (χ2n) is 3.88. The minimum absolute atomic E-state index is 0.0361. The fourth-order valence-electron chi connectivity index (χ4n) is 1.44. The average Bonchev–Trinajstić information content (AvgIpc) is 2.42. The normalized spacial score (nSPS) is 11.6. The quantitative estimate of drug-likeness (QED) is 0.639. The molecule has 0 amide bonds. The van der Waals surface area contributed by atoms with Gasteiger partial charge in [0.1, 0.15) is 5.75 Å². The number of aliphatic hydroxyl groups excluding tert-OH is 1. The van der Waals surface area contributed by atoms with Crippen LogP contribution < -0.4 is 9.46 Å². The lowest BCUT2D eigenvalue weighted by Gasteiger charge is -2.09. The molecule has 20 heavy (non-hydrogen) atoms. The van der Waals surface area contributed by atoms with Gasteiger partial charge in [-0.25, -0.2) is 13.1 Å². The Hall–Kier alpha value is -0.670. The molecule has 0 atom stereocenters. The lowest BCUT2D eigenvalue weighted by molar-refractivity contribution is 0.0913. The molecule has 0 spiro atoms. The van der Waals surface area contributed by atoms with E-state index in [9.17, 15) is 8.42 Å². The van der Waals surface area contributed by atoms with Gasteiger partial charge in [0.15, 0.2) is 0 Å². The number of benzene rings is 1. The van der Waals surface area contributed by atoms with Crippen LogP contribution in [0.3, 0.4) is 0 Å². The van der Waals surface area contributed by atoms with Crippen LogP contribution in [0.2, 0.25) is 0 Å². The molecule has 1 rings (SSSR count). The Morgan fingerprint density at radius 3 is 2.70 bits per heavy atom. The zero-order chi connectivity index (χ0) is 15.0. The van der Waals surface area contributed by atoms with Gasteiger partial charge in [0.25, 0.3) is 0 Å². The predicted octanol–water partition coefficient (Wildman–Crippen LogP) is 1.14. The molecular formula is C12H18BrNO5S. The summed E-state index contributed by atoms with van der Waals surface area (Å²) in [7, 11) is -2.03. The first-order valence-electron chi connectivity index (χ1n) is 6.03. The summed E-state index contributed by atoms with van der Waals surface area (Å²) in [5.74, 6) is 0.571. The highest BCUT2D eigenvalue weighted by Crippen LogP contribution is 2.27. The molecule has 0 aromatic heterocycles. The van der Waals surface area contributed by atoms with Gasteiger partial charge < -0.3 is 14.6 Å². The maximum atomic E-state index is 12.0. The zero-order valence-corrected chi connectivity index (χ0v) is 13.5. The summed E-state index contributed by atoms with van der Waals surface area (Å²) < 4.78 is 37.2. The van der Waals surface area contributed by atoms with Crippen molar-refractivity contribution in [3.63, 3.8) is 0 Å². The van der Waals surface area contributed by atoms with Gasteiger partial charge in [-0.3, -0.25) is 0 Å². The van der Waals surface area contributed by atoms with Crippen molar-refractivity contribution in [2.75, 3.05) is 33.5 Å². The summed E-state index contributed by atoms with van der Waals surface area (Å²) >= 11 is 3.25. The molecule has 0 fully saturated rings.